The van der Waals surface area contributed by atoms with Crippen LogP contribution in [0.1, 0.15) is 20.7 Å². The highest BCUT2D eigenvalue weighted by atomic mass is 16.5. The molecule has 1 amide bonds. The van der Waals surface area contributed by atoms with Gasteiger partial charge in [0.15, 0.2) is 6.29 Å². The molecule has 21 heavy (non-hydrogen) atoms. The second kappa shape index (κ2) is 6.09. The van der Waals surface area contributed by atoms with E-state index in [1.165, 1.54) is 14.2 Å². The fourth-order valence-corrected chi connectivity index (χ4v) is 2.10. The van der Waals surface area contributed by atoms with Crippen molar-refractivity contribution in [1.29, 1.82) is 0 Å². The zero-order valence-electron chi connectivity index (χ0n) is 11.8. The maximum absolute atomic E-state index is 11.6. The molecule has 0 saturated heterocycles. The van der Waals surface area contributed by atoms with E-state index in [0.29, 0.717) is 40.0 Å². The smallest absolute Gasteiger partial charge is 0.249 e. The summed E-state index contributed by atoms with van der Waals surface area (Å²) in [6, 6.07) is 10.0. The maximum Gasteiger partial charge on any atom is 0.249 e. The Morgan fingerprint density at radius 3 is 2.10 bits per heavy atom. The Bertz CT molecular complexity index is 695. The van der Waals surface area contributed by atoms with Gasteiger partial charge in [-0.3, -0.25) is 9.59 Å². The monoisotopic (exact) mass is 285 g/mol. The third-order valence-electron chi connectivity index (χ3n) is 3.17. The SMILES string of the molecule is COc1ccc(-c2ccc(OC)cc2C(N)=O)c(C=O)c1. The number of methoxy groups -OCH3 is 2. The van der Waals surface area contributed by atoms with E-state index in [1.54, 1.807) is 36.4 Å². The molecular weight excluding hydrogens is 270 g/mol. The lowest BCUT2D eigenvalue weighted by molar-refractivity contribution is 0.1000. The lowest BCUT2D eigenvalue weighted by Gasteiger charge is -2.12. The molecule has 0 saturated carbocycles. The van der Waals surface area contributed by atoms with Crippen LogP contribution in [0.15, 0.2) is 36.4 Å². The average molecular weight is 285 g/mol. The van der Waals surface area contributed by atoms with Crippen molar-refractivity contribution in [2.24, 2.45) is 5.73 Å². The lowest BCUT2D eigenvalue weighted by atomic mass is 9.95. The Morgan fingerprint density at radius 1 is 1.00 bits per heavy atom. The molecule has 0 spiro atoms. The molecular formula is C16H15NO4. The van der Waals surface area contributed by atoms with E-state index in [1.807, 2.05) is 0 Å². The van der Waals surface area contributed by atoms with Crippen LogP contribution in [0.2, 0.25) is 0 Å². The lowest BCUT2D eigenvalue weighted by Crippen LogP contribution is -2.13. The highest BCUT2D eigenvalue weighted by Crippen LogP contribution is 2.31. The highest BCUT2D eigenvalue weighted by Gasteiger charge is 2.15. The molecule has 5 heteroatoms. The molecule has 2 aromatic rings. The molecule has 0 fully saturated rings. The van der Waals surface area contributed by atoms with Gasteiger partial charge in [0.05, 0.1) is 19.8 Å². The van der Waals surface area contributed by atoms with Gasteiger partial charge in [0.2, 0.25) is 5.91 Å². The molecule has 0 aliphatic rings. The number of carbonyl (C=O) groups is 2. The van der Waals surface area contributed by atoms with Gasteiger partial charge in [0.25, 0.3) is 0 Å². The molecule has 5 nitrogen and oxygen atoms in total. The number of hydrogen-bond acceptors (Lipinski definition) is 4. The summed E-state index contributed by atoms with van der Waals surface area (Å²) in [5, 5.41) is 0. The Labute approximate surface area is 122 Å². The summed E-state index contributed by atoms with van der Waals surface area (Å²) < 4.78 is 10.2. The number of rotatable bonds is 5. The predicted octanol–water partition coefficient (Wildman–Crippen LogP) is 2.28. The number of carbonyl (C=O) groups excluding carboxylic acids is 2. The number of ether oxygens (including phenoxy) is 2. The van der Waals surface area contributed by atoms with Crippen LogP contribution in [-0.2, 0) is 0 Å². The van der Waals surface area contributed by atoms with Crippen LogP contribution in [-0.4, -0.2) is 26.4 Å². The van der Waals surface area contributed by atoms with E-state index in [0.717, 1.165) is 0 Å². The topological polar surface area (TPSA) is 78.6 Å². The minimum absolute atomic E-state index is 0.294. The van der Waals surface area contributed by atoms with Crippen molar-refractivity contribution in [1.82, 2.24) is 0 Å². The molecule has 2 rings (SSSR count). The zero-order chi connectivity index (χ0) is 15.4. The molecule has 2 aromatic carbocycles. The first-order valence-electron chi connectivity index (χ1n) is 6.22. The van der Waals surface area contributed by atoms with E-state index < -0.39 is 5.91 Å². The Kier molecular flexibility index (Phi) is 4.23. The van der Waals surface area contributed by atoms with Crippen LogP contribution < -0.4 is 15.2 Å². The van der Waals surface area contributed by atoms with Crippen molar-refractivity contribution in [2.75, 3.05) is 14.2 Å². The zero-order valence-corrected chi connectivity index (χ0v) is 11.8. The molecule has 2 N–H and O–H groups in total. The van der Waals surface area contributed by atoms with Crippen LogP contribution in [0.3, 0.4) is 0 Å². The van der Waals surface area contributed by atoms with Crippen LogP contribution in [0, 0.1) is 0 Å². The summed E-state index contributed by atoms with van der Waals surface area (Å²) in [5.74, 6) is 0.500. The van der Waals surface area contributed by atoms with Gasteiger partial charge in [-0.15, -0.1) is 0 Å². The molecule has 0 unspecified atom stereocenters. The summed E-state index contributed by atoms with van der Waals surface area (Å²) in [5.41, 5.74) is 7.32. The van der Waals surface area contributed by atoms with Crippen molar-refractivity contribution in [3.8, 4) is 22.6 Å². The molecule has 0 aliphatic carbocycles. The van der Waals surface area contributed by atoms with E-state index in [2.05, 4.69) is 0 Å². The number of nitrogens with two attached hydrogens (primary N) is 1. The number of hydrogen-bond donors (Lipinski definition) is 1. The van der Waals surface area contributed by atoms with E-state index in [9.17, 15) is 9.59 Å². The van der Waals surface area contributed by atoms with Crippen molar-refractivity contribution >= 4 is 12.2 Å². The highest BCUT2D eigenvalue weighted by molar-refractivity contribution is 6.02. The van der Waals surface area contributed by atoms with Gasteiger partial charge in [-0.2, -0.15) is 0 Å². The number of primary amides is 1. The van der Waals surface area contributed by atoms with Gasteiger partial charge in [0, 0.05) is 5.56 Å². The number of aldehydes is 1. The van der Waals surface area contributed by atoms with E-state index in [4.69, 9.17) is 15.2 Å². The summed E-state index contributed by atoms with van der Waals surface area (Å²) in [7, 11) is 3.02. The fourth-order valence-electron chi connectivity index (χ4n) is 2.10. The van der Waals surface area contributed by atoms with Crippen LogP contribution in [0.25, 0.3) is 11.1 Å². The van der Waals surface area contributed by atoms with Gasteiger partial charge in [-0.05, 0) is 47.5 Å². The molecule has 0 aliphatic heterocycles. The third kappa shape index (κ3) is 2.86. The van der Waals surface area contributed by atoms with Gasteiger partial charge < -0.3 is 15.2 Å². The average Bonchev–Trinajstić information content (AvgIpc) is 2.53. The second-order valence-corrected chi connectivity index (χ2v) is 4.35. The second-order valence-electron chi connectivity index (χ2n) is 4.35. The standard InChI is InChI=1S/C16H15NO4/c1-20-11-3-5-13(10(7-11)9-18)14-6-4-12(21-2)8-15(14)16(17)19/h3-9H,1-2H3,(H2,17,19). The summed E-state index contributed by atoms with van der Waals surface area (Å²) >= 11 is 0. The molecule has 108 valence electrons. The van der Waals surface area contributed by atoms with Crippen molar-refractivity contribution in [3.63, 3.8) is 0 Å². The van der Waals surface area contributed by atoms with E-state index in [-0.39, 0.29) is 0 Å². The minimum Gasteiger partial charge on any atom is -0.497 e. The van der Waals surface area contributed by atoms with Crippen LogP contribution >= 0.6 is 0 Å². The summed E-state index contributed by atoms with van der Waals surface area (Å²) in [6.45, 7) is 0. The van der Waals surface area contributed by atoms with Gasteiger partial charge in [-0.25, -0.2) is 0 Å². The van der Waals surface area contributed by atoms with Crippen molar-refractivity contribution in [3.05, 3.63) is 47.5 Å². The maximum atomic E-state index is 11.6. The normalized spacial score (nSPS) is 10.0. The predicted molar refractivity (Wildman–Crippen MR) is 78.9 cm³/mol. The third-order valence-corrected chi connectivity index (χ3v) is 3.17. The minimum atomic E-state index is -0.587. The first-order valence-corrected chi connectivity index (χ1v) is 6.22. The molecule has 0 bridgehead atoms. The Morgan fingerprint density at radius 2 is 1.57 bits per heavy atom. The Hall–Kier alpha value is -2.82. The van der Waals surface area contributed by atoms with Crippen LogP contribution in [0.5, 0.6) is 11.5 Å². The summed E-state index contributed by atoms with van der Waals surface area (Å²) in [4.78, 5) is 22.9. The first kappa shape index (κ1) is 14.6. The number of benzene rings is 2. The van der Waals surface area contributed by atoms with Gasteiger partial charge >= 0.3 is 0 Å². The molecule has 0 aromatic heterocycles. The summed E-state index contributed by atoms with van der Waals surface area (Å²) in [6.07, 6.45) is 0.715. The quantitative estimate of drug-likeness (QED) is 0.855. The molecule has 0 radical (unpaired) electrons. The van der Waals surface area contributed by atoms with Crippen molar-refractivity contribution < 1.29 is 19.1 Å². The number of amides is 1. The van der Waals surface area contributed by atoms with Gasteiger partial charge in [0.1, 0.15) is 11.5 Å². The first-order chi connectivity index (χ1) is 10.1. The fraction of sp³-hybridized carbons (Fsp3) is 0.125. The molecule has 0 atom stereocenters. The van der Waals surface area contributed by atoms with Gasteiger partial charge in [-0.1, -0.05) is 0 Å². The molecule has 0 heterocycles. The van der Waals surface area contributed by atoms with E-state index >= 15 is 0 Å². The van der Waals surface area contributed by atoms with Crippen molar-refractivity contribution in [2.45, 2.75) is 0 Å². The Balaban J connectivity index is 2.66. The largest absolute Gasteiger partial charge is 0.497 e. The van der Waals surface area contributed by atoms with Crippen LogP contribution in [0.4, 0.5) is 0 Å².